The number of aromatic nitrogens is 2. The predicted molar refractivity (Wildman–Crippen MR) is 117 cm³/mol. The van der Waals surface area contributed by atoms with Gasteiger partial charge in [-0.2, -0.15) is 10.2 Å². The second-order valence-electron chi connectivity index (χ2n) is 6.25. The molecule has 0 fully saturated rings. The Hall–Kier alpha value is -3.73. The molecule has 2 aromatic carbocycles. The molecule has 10 nitrogen and oxygen atoms in total. The highest BCUT2D eigenvalue weighted by Crippen LogP contribution is 2.22. The van der Waals surface area contributed by atoms with E-state index in [-0.39, 0.29) is 11.4 Å². The summed E-state index contributed by atoms with van der Waals surface area (Å²) in [4.78, 5) is 22.7. The SMILES string of the molecule is COc1ccc(OC)c(/C=N\NC(=O)c2nn(Cc3ccc([N+](=O)[O-])cc3)cc2Br)c1. The number of rotatable bonds is 8. The molecule has 0 unspecified atom stereocenters. The monoisotopic (exact) mass is 487 g/mol. The van der Waals surface area contributed by atoms with E-state index in [2.05, 4.69) is 31.6 Å². The molecule has 0 saturated heterocycles. The molecule has 0 saturated carbocycles. The number of nitrogens with one attached hydrogen (secondary N) is 1. The summed E-state index contributed by atoms with van der Waals surface area (Å²) >= 11 is 3.32. The lowest BCUT2D eigenvalue weighted by Gasteiger charge is -2.06. The molecule has 0 radical (unpaired) electrons. The summed E-state index contributed by atoms with van der Waals surface area (Å²) in [5, 5.41) is 19.0. The number of hydrogen-bond acceptors (Lipinski definition) is 7. The maximum Gasteiger partial charge on any atom is 0.293 e. The van der Waals surface area contributed by atoms with Crippen molar-refractivity contribution in [3.8, 4) is 11.5 Å². The number of halogens is 1. The Balaban J connectivity index is 1.68. The van der Waals surface area contributed by atoms with Crippen LogP contribution in [0.5, 0.6) is 11.5 Å². The van der Waals surface area contributed by atoms with Crippen molar-refractivity contribution in [2.75, 3.05) is 14.2 Å². The third kappa shape index (κ3) is 5.45. The summed E-state index contributed by atoms with van der Waals surface area (Å²) in [6, 6.07) is 11.3. The average Bonchev–Trinajstić information content (AvgIpc) is 3.13. The van der Waals surface area contributed by atoms with Crippen molar-refractivity contribution in [1.82, 2.24) is 15.2 Å². The van der Waals surface area contributed by atoms with E-state index >= 15 is 0 Å². The first-order chi connectivity index (χ1) is 14.9. The van der Waals surface area contributed by atoms with Crippen molar-refractivity contribution < 1.29 is 19.2 Å². The van der Waals surface area contributed by atoms with Crippen LogP contribution in [0.1, 0.15) is 21.6 Å². The van der Waals surface area contributed by atoms with Gasteiger partial charge in [-0.05, 0) is 39.7 Å². The van der Waals surface area contributed by atoms with Crippen molar-refractivity contribution in [1.29, 1.82) is 0 Å². The molecule has 0 bridgehead atoms. The van der Waals surface area contributed by atoms with Gasteiger partial charge < -0.3 is 9.47 Å². The molecule has 0 atom stereocenters. The smallest absolute Gasteiger partial charge is 0.293 e. The van der Waals surface area contributed by atoms with Gasteiger partial charge in [0, 0.05) is 23.9 Å². The number of carbonyl (C=O) groups excluding carboxylic acids is 1. The van der Waals surface area contributed by atoms with Crippen molar-refractivity contribution in [3.05, 3.63) is 80.1 Å². The van der Waals surface area contributed by atoms with Gasteiger partial charge in [-0.3, -0.25) is 19.6 Å². The molecule has 31 heavy (non-hydrogen) atoms. The van der Waals surface area contributed by atoms with Crippen LogP contribution in [0.3, 0.4) is 0 Å². The fraction of sp³-hybridized carbons (Fsp3) is 0.150. The van der Waals surface area contributed by atoms with Crippen LogP contribution in [0.25, 0.3) is 0 Å². The molecule has 0 aliphatic carbocycles. The van der Waals surface area contributed by atoms with Crippen molar-refractivity contribution in [2.24, 2.45) is 5.10 Å². The number of non-ortho nitro benzene ring substituents is 1. The largest absolute Gasteiger partial charge is 0.497 e. The summed E-state index contributed by atoms with van der Waals surface area (Å²) in [6.45, 7) is 0.341. The number of ether oxygens (including phenoxy) is 2. The molecule has 0 aliphatic heterocycles. The minimum Gasteiger partial charge on any atom is -0.497 e. The summed E-state index contributed by atoms with van der Waals surface area (Å²) in [7, 11) is 3.08. The van der Waals surface area contributed by atoms with E-state index in [1.807, 2.05) is 0 Å². The van der Waals surface area contributed by atoms with Crippen LogP contribution in [0.2, 0.25) is 0 Å². The Bertz CT molecular complexity index is 1130. The van der Waals surface area contributed by atoms with E-state index in [0.29, 0.717) is 28.1 Å². The molecule has 0 spiro atoms. The minimum atomic E-state index is -0.507. The van der Waals surface area contributed by atoms with Gasteiger partial charge in [0.2, 0.25) is 0 Å². The summed E-state index contributed by atoms with van der Waals surface area (Å²) in [5.41, 5.74) is 4.02. The highest BCUT2D eigenvalue weighted by Gasteiger charge is 2.15. The number of nitrogens with zero attached hydrogens (tertiary/aromatic N) is 4. The van der Waals surface area contributed by atoms with Crippen LogP contribution in [-0.4, -0.2) is 41.0 Å². The van der Waals surface area contributed by atoms with Gasteiger partial charge in [-0.25, -0.2) is 5.43 Å². The lowest BCUT2D eigenvalue weighted by atomic mass is 10.2. The highest BCUT2D eigenvalue weighted by molar-refractivity contribution is 9.10. The Kier molecular flexibility index (Phi) is 6.98. The zero-order valence-corrected chi connectivity index (χ0v) is 18.2. The van der Waals surface area contributed by atoms with Gasteiger partial charge in [-0.1, -0.05) is 12.1 Å². The number of hydrogen-bond donors (Lipinski definition) is 1. The fourth-order valence-electron chi connectivity index (χ4n) is 2.70. The normalized spacial score (nSPS) is 10.8. The first-order valence-corrected chi connectivity index (χ1v) is 9.72. The van der Waals surface area contributed by atoms with Crippen LogP contribution in [0, 0.1) is 10.1 Å². The van der Waals surface area contributed by atoms with E-state index in [0.717, 1.165) is 5.56 Å². The first-order valence-electron chi connectivity index (χ1n) is 8.93. The van der Waals surface area contributed by atoms with E-state index < -0.39 is 10.8 Å². The maximum atomic E-state index is 12.5. The van der Waals surface area contributed by atoms with Crippen LogP contribution in [-0.2, 0) is 6.54 Å². The van der Waals surface area contributed by atoms with E-state index in [9.17, 15) is 14.9 Å². The Morgan fingerprint density at radius 1 is 1.26 bits per heavy atom. The zero-order valence-electron chi connectivity index (χ0n) is 16.6. The quantitative estimate of drug-likeness (QED) is 0.295. The van der Waals surface area contributed by atoms with Crippen LogP contribution in [0.15, 0.2) is 58.2 Å². The topological polar surface area (TPSA) is 121 Å². The van der Waals surface area contributed by atoms with Gasteiger partial charge >= 0.3 is 0 Å². The molecule has 11 heteroatoms. The molecule has 1 heterocycles. The fourth-order valence-corrected chi connectivity index (χ4v) is 3.19. The molecule has 1 aromatic heterocycles. The van der Waals surface area contributed by atoms with Crippen LogP contribution >= 0.6 is 15.9 Å². The van der Waals surface area contributed by atoms with E-state index in [1.54, 1.807) is 48.3 Å². The van der Waals surface area contributed by atoms with Gasteiger partial charge in [0.25, 0.3) is 11.6 Å². The number of nitro benzene ring substituents is 1. The third-order valence-corrected chi connectivity index (χ3v) is 4.81. The number of hydrazone groups is 1. The van der Waals surface area contributed by atoms with Crippen molar-refractivity contribution in [3.63, 3.8) is 0 Å². The lowest BCUT2D eigenvalue weighted by Crippen LogP contribution is -2.19. The molecule has 1 N–H and O–H groups in total. The number of nitro groups is 1. The third-order valence-electron chi connectivity index (χ3n) is 4.23. The van der Waals surface area contributed by atoms with Gasteiger partial charge in [0.05, 0.1) is 36.4 Å². The molecule has 0 aliphatic rings. The van der Waals surface area contributed by atoms with Gasteiger partial charge in [0.15, 0.2) is 5.69 Å². The Morgan fingerprint density at radius 3 is 2.65 bits per heavy atom. The second-order valence-corrected chi connectivity index (χ2v) is 7.11. The van der Waals surface area contributed by atoms with Crippen molar-refractivity contribution in [2.45, 2.75) is 6.54 Å². The number of amides is 1. The average molecular weight is 488 g/mol. The highest BCUT2D eigenvalue weighted by atomic mass is 79.9. The van der Waals surface area contributed by atoms with Gasteiger partial charge in [0.1, 0.15) is 11.5 Å². The van der Waals surface area contributed by atoms with Crippen molar-refractivity contribution >= 4 is 33.7 Å². The molecule has 160 valence electrons. The number of carbonyl (C=O) groups is 1. The molecule has 3 aromatic rings. The molecular formula is C20H18BrN5O5. The summed E-state index contributed by atoms with van der Waals surface area (Å²) < 4.78 is 12.5. The number of benzene rings is 2. The maximum absolute atomic E-state index is 12.5. The summed E-state index contributed by atoms with van der Waals surface area (Å²) in [5.74, 6) is 0.695. The second kappa shape index (κ2) is 9.85. The number of methoxy groups -OCH3 is 2. The van der Waals surface area contributed by atoms with Crippen LogP contribution < -0.4 is 14.9 Å². The Labute approximate surface area is 185 Å². The zero-order chi connectivity index (χ0) is 22.4. The summed E-state index contributed by atoms with van der Waals surface area (Å²) in [6.07, 6.45) is 3.09. The van der Waals surface area contributed by atoms with Crippen LogP contribution in [0.4, 0.5) is 5.69 Å². The standard InChI is InChI=1S/C20H18BrN5O5/c1-30-16-7-8-18(31-2)14(9-16)10-22-23-20(27)19-17(21)12-25(24-19)11-13-3-5-15(6-4-13)26(28)29/h3-10,12H,11H2,1-2H3,(H,23,27)/b22-10-. The van der Waals surface area contributed by atoms with Gasteiger partial charge in [-0.15, -0.1) is 0 Å². The minimum absolute atomic E-state index is 0.0102. The van der Waals surface area contributed by atoms with E-state index in [1.165, 1.54) is 25.5 Å². The first kappa shape index (κ1) is 22.0. The molecule has 1 amide bonds. The predicted octanol–water partition coefficient (Wildman–Crippen LogP) is 3.38. The molecule has 3 rings (SSSR count). The molecular weight excluding hydrogens is 470 g/mol. The Morgan fingerprint density at radius 2 is 2.00 bits per heavy atom. The lowest BCUT2D eigenvalue weighted by molar-refractivity contribution is -0.384. The van der Waals surface area contributed by atoms with E-state index in [4.69, 9.17) is 9.47 Å².